The van der Waals surface area contributed by atoms with Crippen molar-refractivity contribution in [1.29, 1.82) is 0 Å². The molecular weight excluding hydrogens is 417 g/mol. The topological polar surface area (TPSA) is 24.4 Å². The zero-order valence-corrected chi connectivity index (χ0v) is 14.8. The zero-order valence-electron chi connectivity index (χ0n) is 13.3. The van der Waals surface area contributed by atoms with Gasteiger partial charge in [0.05, 0.1) is 21.8 Å². The summed E-state index contributed by atoms with van der Waals surface area (Å²) in [5, 5.41) is 2.55. The van der Waals surface area contributed by atoms with E-state index >= 15 is 0 Å². The Morgan fingerprint density at radius 3 is 2.04 bits per heavy atom. The minimum atomic E-state index is -4.49. The van der Waals surface area contributed by atoms with E-state index in [4.69, 9.17) is 11.6 Å². The van der Waals surface area contributed by atoms with E-state index in [1.54, 1.807) is 0 Å². The van der Waals surface area contributed by atoms with Crippen LogP contribution in [-0.2, 0) is 12.4 Å². The number of hydrogen-bond acceptors (Lipinski definition) is 2. The molecule has 0 amide bonds. The largest absolute Gasteiger partial charge is 0.416 e. The first-order valence-electron chi connectivity index (χ1n) is 7.06. The summed E-state index contributed by atoms with van der Waals surface area (Å²) in [6.07, 6.45) is -6.71. The number of hydrogen-bond donors (Lipinski definition) is 1. The Bertz CT molecular complexity index is 829. The maximum Gasteiger partial charge on any atom is 0.416 e. The standard InChI is InChI=1S/C17H11ClF6N2.ClH/c18-13(9-25-14-5-1-3-11(7-14)16(19,20)21)10-26-15-6-2-4-12(8-15)17(22,23)24;/h1-10,25H;1H/b13-9+,26-10?;. The fourth-order valence-electron chi connectivity index (χ4n) is 1.87. The highest BCUT2D eigenvalue weighted by molar-refractivity contribution is 6.39. The van der Waals surface area contributed by atoms with E-state index in [0.717, 1.165) is 30.5 Å². The van der Waals surface area contributed by atoms with Crippen LogP contribution >= 0.6 is 24.0 Å². The molecule has 2 aromatic carbocycles. The molecule has 0 unspecified atom stereocenters. The molecule has 2 nitrogen and oxygen atoms in total. The van der Waals surface area contributed by atoms with E-state index in [1.165, 1.54) is 30.5 Å². The van der Waals surface area contributed by atoms with Gasteiger partial charge in [-0.05, 0) is 36.4 Å². The quantitative estimate of drug-likeness (QED) is 0.409. The maximum absolute atomic E-state index is 12.6. The highest BCUT2D eigenvalue weighted by atomic mass is 35.5. The van der Waals surface area contributed by atoms with Crippen LogP contribution in [0, 0.1) is 0 Å². The van der Waals surface area contributed by atoms with Gasteiger partial charge in [-0.15, -0.1) is 12.4 Å². The van der Waals surface area contributed by atoms with Crippen molar-refractivity contribution >= 4 is 41.6 Å². The summed E-state index contributed by atoms with van der Waals surface area (Å²) in [6, 6.07) is 8.76. The summed E-state index contributed by atoms with van der Waals surface area (Å²) in [7, 11) is 0. The molecule has 0 radical (unpaired) electrons. The van der Waals surface area contributed by atoms with Gasteiger partial charge in [0.25, 0.3) is 0 Å². The maximum atomic E-state index is 12.6. The number of anilines is 1. The lowest BCUT2D eigenvalue weighted by molar-refractivity contribution is -0.138. The van der Waals surface area contributed by atoms with Gasteiger partial charge in [0.1, 0.15) is 0 Å². The molecule has 0 atom stereocenters. The van der Waals surface area contributed by atoms with E-state index in [9.17, 15) is 26.3 Å². The van der Waals surface area contributed by atoms with E-state index < -0.39 is 23.5 Å². The molecule has 27 heavy (non-hydrogen) atoms. The van der Waals surface area contributed by atoms with Gasteiger partial charge < -0.3 is 5.32 Å². The Labute approximate surface area is 162 Å². The van der Waals surface area contributed by atoms with Crippen LogP contribution in [0.5, 0.6) is 0 Å². The number of nitrogens with one attached hydrogen (secondary N) is 1. The summed E-state index contributed by atoms with van der Waals surface area (Å²) in [5.41, 5.74) is -1.50. The minimum Gasteiger partial charge on any atom is -0.360 e. The second-order valence-electron chi connectivity index (χ2n) is 5.06. The average molecular weight is 429 g/mol. The second kappa shape index (κ2) is 9.14. The lowest BCUT2D eigenvalue weighted by atomic mass is 10.2. The van der Waals surface area contributed by atoms with Crippen molar-refractivity contribution in [2.24, 2.45) is 4.99 Å². The van der Waals surface area contributed by atoms with Crippen LogP contribution in [0.3, 0.4) is 0 Å². The predicted molar refractivity (Wildman–Crippen MR) is 95.8 cm³/mol. The van der Waals surface area contributed by atoms with Crippen LogP contribution in [-0.4, -0.2) is 6.21 Å². The molecule has 1 N–H and O–H groups in total. The number of halogens is 8. The monoisotopic (exact) mass is 428 g/mol. The summed E-state index contributed by atoms with van der Waals surface area (Å²) >= 11 is 5.84. The molecule has 0 heterocycles. The van der Waals surface area contributed by atoms with Crippen molar-refractivity contribution in [3.8, 4) is 0 Å². The van der Waals surface area contributed by atoms with Gasteiger partial charge in [0.2, 0.25) is 0 Å². The average Bonchev–Trinajstić information content (AvgIpc) is 2.57. The number of allylic oxidation sites excluding steroid dienone is 1. The fraction of sp³-hybridized carbons (Fsp3) is 0.118. The predicted octanol–water partition coefficient (Wildman–Crippen LogP) is 7.04. The van der Waals surface area contributed by atoms with E-state index in [1.807, 2.05) is 0 Å². The third kappa shape index (κ3) is 7.15. The number of rotatable bonds is 4. The first-order chi connectivity index (χ1) is 12.1. The molecule has 0 aliphatic rings. The molecule has 0 saturated carbocycles. The second-order valence-corrected chi connectivity index (χ2v) is 5.49. The molecule has 146 valence electrons. The molecule has 0 bridgehead atoms. The first-order valence-corrected chi connectivity index (χ1v) is 7.44. The molecule has 2 aromatic rings. The van der Waals surface area contributed by atoms with Crippen LogP contribution in [0.25, 0.3) is 0 Å². The molecule has 2 rings (SSSR count). The normalized spacial score (nSPS) is 12.8. The lowest BCUT2D eigenvalue weighted by Gasteiger charge is -2.08. The van der Waals surface area contributed by atoms with E-state index in [-0.39, 0.29) is 28.8 Å². The van der Waals surface area contributed by atoms with E-state index in [0.29, 0.717) is 0 Å². The Hall–Kier alpha value is -2.19. The van der Waals surface area contributed by atoms with Crippen molar-refractivity contribution in [3.05, 3.63) is 70.9 Å². The molecule has 0 fully saturated rings. The van der Waals surface area contributed by atoms with E-state index in [2.05, 4.69) is 10.3 Å². The fourth-order valence-corrected chi connectivity index (χ4v) is 1.98. The molecular formula is C17H12Cl2F6N2. The zero-order chi connectivity index (χ0) is 19.4. The molecule has 0 aliphatic heterocycles. The summed E-state index contributed by atoms with van der Waals surface area (Å²) in [5.74, 6) is 0. The van der Waals surface area contributed by atoms with Crippen molar-refractivity contribution in [1.82, 2.24) is 0 Å². The Kier molecular flexibility index (Phi) is 7.74. The molecule has 0 aromatic heterocycles. The smallest absolute Gasteiger partial charge is 0.360 e. The number of alkyl halides is 6. The van der Waals surface area contributed by atoms with Gasteiger partial charge in [0.15, 0.2) is 0 Å². The highest BCUT2D eigenvalue weighted by Gasteiger charge is 2.31. The van der Waals surface area contributed by atoms with Gasteiger partial charge in [-0.1, -0.05) is 23.7 Å². The molecule has 0 saturated heterocycles. The summed E-state index contributed by atoms with van der Waals surface area (Å²) < 4.78 is 75.7. The number of benzene rings is 2. The lowest BCUT2D eigenvalue weighted by Crippen LogP contribution is -2.05. The van der Waals surface area contributed by atoms with Crippen molar-refractivity contribution in [2.75, 3.05) is 5.32 Å². The van der Waals surface area contributed by atoms with Gasteiger partial charge in [0, 0.05) is 18.1 Å². The van der Waals surface area contributed by atoms with Crippen molar-refractivity contribution in [3.63, 3.8) is 0 Å². The number of aliphatic imine (C=N–C) groups is 1. The van der Waals surface area contributed by atoms with Crippen LogP contribution in [0.2, 0.25) is 0 Å². The van der Waals surface area contributed by atoms with Gasteiger partial charge in [-0.25, -0.2) is 0 Å². The SMILES string of the molecule is Cl.FC(F)(F)c1cccc(N=C/C(Cl)=C\Nc2cccc(C(F)(F)F)c2)c1. The van der Waals surface area contributed by atoms with Gasteiger partial charge in [-0.3, -0.25) is 4.99 Å². The van der Waals surface area contributed by atoms with Crippen LogP contribution in [0.15, 0.2) is 64.8 Å². The molecule has 0 aliphatic carbocycles. The summed E-state index contributed by atoms with van der Waals surface area (Å²) in [6.45, 7) is 0. The minimum absolute atomic E-state index is 0. The van der Waals surface area contributed by atoms with Crippen molar-refractivity contribution in [2.45, 2.75) is 12.4 Å². The summed E-state index contributed by atoms with van der Waals surface area (Å²) in [4.78, 5) is 3.80. The highest BCUT2D eigenvalue weighted by Crippen LogP contribution is 2.32. The number of nitrogens with zero attached hydrogens (tertiary/aromatic N) is 1. The van der Waals surface area contributed by atoms with Crippen molar-refractivity contribution < 1.29 is 26.3 Å². The Balaban J connectivity index is 0.00000364. The first kappa shape index (κ1) is 22.9. The third-order valence-electron chi connectivity index (χ3n) is 3.08. The van der Waals surface area contributed by atoms with Crippen LogP contribution in [0.4, 0.5) is 37.7 Å². The van der Waals surface area contributed by atoms with Crippen LogP contribution < -0.4 is 5.32 Å². The molecule has 10 heteroatoms. The van der Waals surface area contributed by atoms with Crippen LogP contribution in [0.1, 0.15) is 11.1 Å². The Morgan fingerprint density at radius 2 is 1.44 bits per heavy atom. The third-order valence-corrected chi connectivity index (χ3v) is 3.28. The molecule has 0 spiro atoms. The van der Waals surface area contributed by atoms with Gasteiger partial charge in [-0.2, -0.15) is 26.3 Å². The Morgan fingerprint density at radius 1 is 0.889 bits per heavy atom. The van der Waals surface area contributed by atoms with Gasteiger partial charge >= 0.3 is 12.4 Å².